The normalized spacial score (nSPS) is 11.0. The SMILES string of the molecule is CCCCCc1cn(CCC)c(=O)n1Cc1ccc(-c2ccccc2C(=O)O)cc1. The summed E-state index contributed by atoms with van der Waals surface area (Å²) in [5.74, 6) is -0.935. The van der Waals surface area contributed by atoms with Gasteiger partial charge in [-0.3, -0.25) is 9.13 Å². The van der Waals surface area contributed by atoms with Gasteiger partial charge in [0.15, 0.2) is 0 Å². The number of nitrogens with zero attached hydrogens (tertiary/aromatic N) is 2. The number of hydrogen-bond donors (Lipinski definition) is 1. The Morgan fingerprint density at radius 3 is 2.37 bits per heavy atom. The lowest BCUT2D eigenvalue weighted by Gasteiger charge is -2.10. The summed E-state index contributed by atoms with van der Waals surface area (Å²) in [5.41, 5.74) is 4.00. The topological polar surface area (TPSA) is 64.2 Å². The fourth-order valence-electron chi connectivity index (χ4n) is 3.80. The lowest BCUT2D eigenvalue weighted by molar-refractivity contribution is 0.0697. The molecule has 0 amide bonds. The molecule has 0 unspecified atom stereocenters. The molecule has 0 fully saturated rings. The van der Waals surface area contributed by atoms with Gasteiger partial charge in [0.2, 0.25) is 0 Å². The second-order valence-corrected chi connectivity index (χ2v) is 7.69. The quantitative estimate of drug-likeness (QED) is 0.470. The molecule has 0 bridgehead atoms. The van der Waals surface area contributed by atoms with Crippen molar-refractivity contribution >= 4 is 5.97 Å². The maximum absolute atomic E-state index is 12.9. The highest BCUT2D eigenvalue weighted by atomic mass is 16.4. The van der Waals surface area contributed by atoms with Gasteiger partial charge in [0.05, 0.1) is 12.1 Å². The molecule has 1 heterocycles. The van der Waals surface area contributed by atoms with Crippen LogP contribution in [0, 0.1) is 0 Å². The number of hydrogen-bond acceptors (Lipinski definition) is 2. The summed E-state index contributed by atoms with van der Waals surface area (Å²) in [7, 11) is 0. The van der Waals surface area contributed by atoms with Crippen LogP contribution in [0.3, 0.4) is 0 Å². The van der Waals surface area contributed by atoms with Crippen molar-refractivity contribution in [3.8, 4) is 11.1 Å². The Balaban J connectivity index is 1.86. The minimum absolute atomic E-state index is 0.0450. The zero-order chi connectivity index (χ0) is 21.5. The van der Waals surface area contributed by atoms with Crippen LogP contribution in [0.1, 0.15) is 61.1 Å². The number of imidazole rings is 1. The Hall–Kier alpha value is -3.08. The molecule has 0 saturated carbocycles. The van der Waals surface area contributed by atoms with Crippen LogP contribution in [0.4, 0.5) is 0 Å². The van der Waals surface area contributed by atoms with Crippen LogP contribution in [-0.4, -0.2) is 20.2 Å². The minimum atomic E-state index is -0.935. The van der Waals surface area contributed by atoms with Gasteiger partial charge in [-0.05, 0) is 42.0 Å². The maximum atomic E-state index is 12.9. The Labute approximate surface area is 177 Å². The van der Waals surface area contributed by atoms with Gasteiger partial charge in [-0.1, -0.05) is 69.2 Å². The average Bonchev–Trinajstić information content (AvgIpc) is 3.04. The minimum Gasteiger partial charge on any atom is -0.478 e. The number of carboxylic acid groups (broad SMARTS) is 1. The lowest BCUT2D eigenvalue weighted by atomic mass is 9.99. The fraction of sp³-hybridized carbons (Fsp3) is 0.360. The molecule has 1 N–H and O–H groups in total. The number of benzene rings is 2. The Morgan fingerprint density at radius 2 is 1.70 bits per heavy atom. The van der Waals surface area contributed by atoms with Crippen molar-refractivity contribution in [1.29, 1.82) is 0 Å². The van der Waals surface area contributed by atoms with E-state index in [1.807, 2.05) is 51.7 Å². The van der Waals surface area contributed by atoms with Crippen LogP contribution >= 0.6 is 0 Å². The summed E-state index contributed by atoms with van der Waals surface area (Å²) in [6.45, 7) is 5.52. The standard InChI is InChI=1S/C25H30N2O3/c1-3-5-6-9-21-18-26(16-4-2)25(30)27(21)17-19-12-14-20(15-13-19)22-10-7-8-11-23(22)24(28)29/h7-8,10-15,18H,3-6,9,16-17H2,1-2H3,(H,28,29). The molecule has 2 aromatic carbocycles. The highest BCUT2D eigenvalue weighted by Crippen LogP contribution is 2.24. The van der Waals surface area contributed by atoms with Gasteiger partial charge < -0.3 is 5.11 Å². The molecule has 5 nitrogen and oxygen atoms in total. The molecule has 0 spiro atoms. The molecular weight excluding hydrogens is 376 g/mol. The molecule has 0 aliphatic heterocycles. The first-order chi connectivity index (χ1) is 14.5. The van der Waals surface area contributed by atoms with Crippen molar-refractivity contribution in [2.75, 3.05) is 0 Å². The van der Waals surface area contributed by atoms with Crippen LogP contribution in [0.5, 0.6) is 0 Å². The van der Waals surface area contributed by atoms with E-state index in [2.05, 4.69) is 13.8 Å². The fourth-order valence-corrected chi connectivity index (χ4v) is 3.80. The van der Waals surface area contributed by atoms with Crippen LogP contribution in [0.25, 0.3) is 11.1 Å². The van der Waals surface area contributed by atoms with Gasteiger partial charge in [-0.25, -0.2) is 9.59 Å². The molecule has 1 aromatic heterocycles. The van der Waals surface area contributed by atoms with Gasteiger partial charge in [0.25, 0.3) is 0 Å². The zero-order valence-corrected chi connectivity index (χ0v) is 17.8. The highest BCUT2D eigenvalue weighted by Gasteiger charge is 2.13. The molecule has 3 aromatic rings. The molecule has 0 radical (unpaired) electrons. The summed E-state index contributed by atoms with van der Waals surface area (Å²) < 4.78 is 3.70. The van der Waals surface area contributed by atoms with Crippen LogP contribution in [-0.2, 0) is 19.5 Å². The maximum Gasteiger partial charge on any atom is 0.336 e. The zero-order valence-electron chi connectivity index (χ0n) is 17.8. The lowest BCUT2D eigenvalue weighted by Crippen LogP contribution is -2.25. The van der Waals surface area contributed by atoms with Crippen molar-refractivity contribution in [3.63, 3.8) is 0 Å². The summed E-state index contributed by atoms with van der Waals surface area (Å²) >= 11 is 0. The Morgan fingerprint density at radius 1 is 0.967 bits per heavy atom. The number of aromatic nitrogens is 2. The van der Waals surface area contributed by atoms with E-state index in [1.165, 1.54) is 0 Å². The summed E-state index contributed by atoms with van der Waals surface area (Å²) in [6.07, 6.45) is 7.24. The van der Waals surface area contributed by atoms with E-state index >= 15 is 0 Å². The van der Waals surface area contributed by atoms with E-state index in [9.17, 15) is 14.7 Å². The van der Waals surface area contributed by atoms with Gasteiger partial charge in [-0.2, -0.15) is 0 Å². The van der Waals surface area contributed by atoms with Crippen molar-refractivity contribution < 1.29 is 9.90 Å². The molecular formula is C25H30N2O3. The number of rotatable bonds is 10. The third kappa shape index (κ3) is 4.90. The van der Waals surface area contributed by atoms with Crippen LogP contribution in [0.2, 0.25) is 0 Å². The van der Waals surface area contributed by atoms with Crippen molar-refractivity contribution in [2.24, 2.45) is 0 Å². The van der Waals surface area contributed by atoms with Gasteiger partial charge in [-0.15, -0.1) is 0 Å². The molecule has 0 atom stereocenters. The number of unbranched alkanes of at least 4 members (excludes halogenated alkanes) is 2. The van der Waals surface area contributed by atoms with Gasteiger partial charge in [0.1, 0.15) is 0 Å². The summed E-state index contributed by atoms with van der Waals surface area (Å²) in [6, 6.07) is 14.8. The average molecular weight is 407 g/mol. The van der Waals surface area contributed by atoms with Gasteiger partial charge in [0, 0.05) is 18.4 Å². The van der Waals surface area contributed by atoms with Crippen LogP contribution < -0.4 is 5.69 Å². The number of carboxylic acids is 1. The highest BCUT2D eigenvalue weighted by molar-refractivity contribution is 5.95. The summed E-state index contributed by atoms with van der Waals surface area (Å²) in [4.78, 5) is 24.4. The van der Waals surface area contributed by atoms with Crippen molar-refractivity contribution in [1.82, 2.24) is 9.13 Å². The third-order valence-electron chi connectivity index (χ3n) is 5.39. The second-order valence-electron chi connectivity index (χ2n) is 7.69. The monoisotopic (exact) mass is 406 g/mol. The van der Waals surface area contributed by atoms with E-state index in [1.54, 1.807) is 12.1 Å². The first kappa shape index (κ1) is 21.6. The largest absolute Gasteiger partial charge is 0.478 e. The summed E-state index contributed by atoms with van der Waals surface area (Å²) in [5, 5.41) is 9.43. The number of carbonyl (C=O) groups is 1. The van der Waals surface area contributed by atoms with E-state index < -0.39 is 5.97 Å². The predicted molar refractivity (Wildman–Crippen MR) is 120 cm³/mol. The third-order valence-corrected chi connectivity index (χ3v) is 5.39. The van der Waals surface area contributed by atoms with Gasteiger partial charge >= 0.3 is 11.7 Å². The van der Waals surface area contributed by atoms with E-state index in [4.69, 9.17) is 0 Å². The molecule has 0 aliphatic carbocycles. The number of aromatic carboxylic acids is 1. The Bertz CT molecular complexity index is 1050. The predicted octanol–water partition coefficient (Wildman–Crippen LogP) is 5.21. The number of aryl methyl sites for hydroxylation is 2. The van der Waals surface area contributed by atoms with E-state index in [0.717, 1.165) is 55.5 Å². The smallest absolute Gasteiger partial charge is 0.336 e. The van der Waals surface area contributed by atoms with Crippen LogP contribution in [0.15, 0.2) is 59.5 Å². The molecule has 30 heavy (non-hydrogen) atoms. The Kier molecular flexibility index (Phi) is 7.28. The molecule has 158 valence electrons. The first-order valence-electron chi connectivity index (χ1n) is 10.8. The van der Waals surface area contributed by atoms with Crippen molar-refractivity contribution in [2.45, 2.75) is 59.0 Å². The molecule has 5 heteroatoms. The van der Waals surface area contributed by atoms with Crippen molar-refractivity contribution in [3.05, 3.63) is 82.0 Å². The second kappa shape index (κ2) is 10.1. The van der Waals surface area contributed by atoms with E-state index in [0.29, 0.717) is 12.1 Å². The molecule has 0 aliphatic rings. The first-order valence-corrected chi connectivity index (χ1v) is 10.8. The molecule has 0 saturated heterocycles. The van der Waals surface area contributed by atoms with E-state index in [-0.39, 0.29) is 11.3 Å². The molecule has 3 rings (SSSR count).